The Labute approximate surface area is 187 Å². The Balaban J connectivity index is 1.31. The smallest absolute Gasteiger partial charge is 0.338 e. The number of benzene rings is 1. The third kappa shape index (κ3) is 4.52. The zero-order valence-corrected chi connectivity index (χ0v) is 18.4. The summed E-state index contributed by atoms with van der Waals surface area (Å²) in [5, 5.41) is 30.4. The van der Waals surface area contributed by atoms with Gasteiger partial charge in [-0.2, -0.15) is 5.26 Å². The third-order valence-electron chi connectivity index (χ3n) is 6.46. The number of carbonyl (C=O) groups excluding carboxylic acids is 1. The number of esters is 1. The molecule has 8 heteroatoms. The van der Waals surface area contributed by atoms with Crippen molar-refractivity contribution in [3.8, 4) is 6.07 Å². The van der Waals surface area contributed by atoms with Crippen molar-refractivity contribution >= 4 is 5.97 Å². The van der Waals surface area contributed by atoms with Gasteiger partial charge in [0, 0.05) is 51.0 Å². The standard InChI is InChI=1S/C24H28N4O4/c1-15-9-17(10-25)11-26-23(15)22(30)13-28-7-5-27(6-8-28)12-21(29)18-3-4-19-20(16(18)2)14-32-24(19)31/h3-4,9,11,21-22,29-30H,5-8,12-14H2,1-2H3/t21-,22?/m1/s1. The van der Waals surface area contributed by atoms with Crippen LogP contribution in [0, 0.1) is 25.2 Å². The highest BCUT2D eigenvalue weighted by molar-refractivity contribution is 5.93. The van der Waals surface area contributed by atoms with Crippen molar-refractivity contribution in [3.63, 3.8) is 0 Å². The fourth-order valence-electron chi connectivity index (χ4n) is 4.55. The molecule has 0 radical (unpaired) electrons. The lowest BCUT2D eigenvalue weighted by Crippen LogP contribution is -2.48. The Kier molecular flexibility index (Phi) is 6.53. The number of aromatic nitrogens is 1. The molecule has 1 fully saturated rings. The minimum atomic E-state index is -0.709. The first-order valence-electron chi connectivity index (χ1n) is 10.8. The lowest BCUT2D eigenvalue weighted by atomic mass is 9.95. The monoisotopic (exact) mass is 436 g/mol. The minimum Gasteiger partial charge on any atom is -0.457 e. The van der Waals surface area contributed by atoms with E-state index in [2.05, 4.69) is 20.9 Å². The molecule has 0 bridgehead atoms. The first-order valence-corrected chi connectivity index (χ1v) is 10.8. The number of β-amino-alcohol motifs (C(OH)–C–C–N with tert-alkyl or cyclic N) is 2. The fraction of sp³-hybridized carbons (Fsp3) is 0.458. The molecule has 32 heavy (non-hydrogen) atoms. The van der Waals surface area contributed by atoms with E-state index < -0.39 is 12.2 Å². The van der Waals surface area contributed by atoms with E-state index in [-0.39, 0.29) is 12.6 Å². The number of hydrogen-bond acceptors (Lipinski definition) is 8. The fourth-order valence-corrected chi connectivity index (χ4v) is 4.55. The summed E-state index contributed by atoms with van der Waals surface area (Å²) in [4.78, 5) is 20.4. The van der Waals surface area contributed by atoms with Crippen molar-refractivity contribution in [1.82, 2.24) is 14.8 Å². The zero-order chi connectivity index (χ0) is 22.8. The maximum Gasteiger partial charge on any atom is 0.338 e. The summed E-state index contributed by atoms with van der Waals surface area (Å²) < 4.78 is 5.11. The van der Waals surface area contributed by atoms with Crippen molar-refractivity contribution < 1.29 is 19.7 Å². The third-order valence-corrected chi connectivity index (χ3v) is 6.46. The summed E-state index contributed by atoms with van der Waals surface area (Å²) in [7, 11) is 0. The number of cyclic esters (lactones) is 1. The molecule has 2 aromatic rings. The van der Waals surface area contributed by atoms with Gasteiger partial charge in [0.2, 0.25) is 0 Å². The van der Waals surface area contributed by atoms with Crippen molar-refractivity contribution in [2.45, 2.75) is 32.7 Å². The number of piperazine rings is 1. The molecule has 2 aliphatic heterocycles. The van der Waals surface area contributed by atoms with Crippen LogP contribution in [0.1, 0.15) is 56.1 Å². The summed E-state index contributed by atoms with van der Waals surface area (Å²) in [5.74, 6) is -0.297. The number of aliphatic hydroxyl groups excluding tert-OH is 2. The molecule has 8 nitrogen and oxygen atoms in total. The highest BCUT2D eigenvalue weighted by Crippen LogP contribution is 2.29. The van der Waals surface area contributed by atoms with Crippen molar-refractivity contribution in [2.24, 2.45) is 0 Å². The second kappa shape index (κ2) is 9.35. The second-order valence-corrected chi connectivity index (χ2v) is 8.55. The molecule has 4 rings (SSSR count). The summed E-state index contributed by atoms with van der Waals surface area (Å²) in [6.07, 6.45) is 0.144. The van der Waals surface area contributed by atoms with Gasteiger partial charge in [0.05, 0.1) is 22.9 Å². The van der Waals surface area contributed by atoms with Crippen LogP contribution in [-0.2, 0) is 11.3 Å². The molecule has 2 aliphatic rings. The first kappa shape index (κ1) is 22.4. The van der Waals surface area contributed by atoms with Gasteiger partial charge in [-0.1, -0.05) is 6.07 Å². The average Bonchev–Trinajstić information content (AvgIpc) is 3.16. The molecule has 3 heterocycles. The van der Waals surface area contributed by atoms with E-state index in [0.717, 1.165) is 48.4 Å². The van der Waals surface area contributed by atoms with Crippen LogP contribution in [-0.4, -0.2) is 70.2 Å². The molecule has 0 aliphatic carbocycles. The summed E-state index contributed by atoms with van der Waals surface area (Å²) >= 11 is 0. The highest BCUT2D eigenvalue weighted by Gasteiger charge is 2.27. The van der Waals surface area contributed by atoms with E-state index in [9.17, 15) is 15.0 Å². The van der Waals surface area contributed by atoms with E-state index in [4.69, 9.17) is 10.00 Å². The number of hydrogen-bond donors (Lipinski definition) is 2. The number of ether oxygens (including phenoxy) is 1. The number of rotatable bonds is 6. The molecule has 2 N–H and O–H groups in total. The van der Waals surface area contributed by atoms with Gasteiger partial charge >= 0.3 is 5.97 Å². The van der Waals surface area contributed by atoms with E-state index in [1.165, 1.54) is 6.20 Å². The Morgan fingerprint density at radius 2 is 1.78 bits per heavy atom. The Morgan fingerprint density at radius 3 is 2.41 bits per heavy atom. The molecule has 2 atom stereocenters. The van der Waals surface area contributed by atoms with Gasteiger partial charge in [-0.15, -0.1) is 0 Å². The topological polar surface area (TPSA) is 110 Å². The van der Waals surface area contributed by atoms with Gasteiger partial charge in [0.15, 0.2) is 0 Å². The second-order valence-electron chi connectivity index (χ2n) is 8.55. The van der Waals surface area contributed by atoms with Crippen LogP contribution in [0.15, 0.2) is 24.4 Å². The largest absolute Gasteiger partial charge is 0.457 e. The van der Waals surface area contributed by atoms with Crippen molar-refractivity contribution in [2.75, 3.05) is 39.3 Å². The van der Waals surface area contributed by atoms with Crippen molar-refractivity contribution in [1.29, 1.82) is 5.26 Å². The van der Waals surface area contributed by atoms with Crippen LogP contribution in [0.4, 0.5) is 0 Å². The number of fused-ring (bicyclic) bond motifs is 1. The zero-order valence-electron chi connectivity index (χ0n) is 18.4. The predicted molar refractivity (Wildman–Crippen MR) is 117 cm³/mol. The Morgan fingerprint density at radius 1 is 1.12 bits per heavy atom. The molecular formula is C24H28N4O4. The molecule has 0 spiro atoms. The van der Waals surface area contributed by atoms with Crippen LogP contribution in [0.5, 0.6) is 0 Å². The van der Waals surface area contributed by atoms with Gasteiger partial charge in [-0.05, 0) is 42.7 Å². The van der Waals surface area contributed by atoms with Gasteiger partial charge in [-0.25, -0.2) is 4.79 Å². The maximum atomic E-state index is 11.7. The van der Waals surface area contributed by atoms with Crippen LogP contribution in [0.25, 0.3) is 0 Å². The van der Waals surface area contributed by atoms with E-state index in [1.807, 2.05) is 19.9 Å². The van der Waals surface area contributed by atoms with E-state index >= 15 is 0 Å². The summed E-state index contributed by atoms with van der Waals surface area (Å²) in [6, 6.07) is 7.38. The van der Waals surface area contributed by atoms with Gasteiger partial charge < -0.3 is 14.9 Å². The van der Waals surface area contributed by atoms with Gasteiger partial charge in [-0.3, -0.25) is 14.8 Å². The molecular weight excluding hydrogens is 408 g/mol. The summed E-state index contributed by atoms with van der Waals surface area (Å²) in [6.45, 7) is 8.19. The molecule has 1 aromatic carbocycles. The SMILES string of the molecule is Cc1cc(C#N)cnc1C(O)CN1CCN(C[C@@H](O)c2ccc3c(c2C)COC3=O)CC1. The Bertz CT molecular complexity index is 1060. The van der Waals surface area contributed by atoms with Crippen LogP contribution in [0.3, 0.4) is 0 Å². The quantitative estimate of drug-likeness (QED) is 0.658. The number of carbonyl (C=O) groups is 1. The van der Waals surface area contributed by atoms with Gasteiger partial charge in [0.1, 0.15) is 18.8 Å². The number of aliphatic hydroxyl groups is 2. The Hall–Kier alpha value is -2.83. The summed E-state index contributed by atoms with van der Waals surface area (Å²) in [5.41, 5.74) is 5.14. The van der Waals surface area contributed by atoms with E-state index in [0.29, 0.717) is 29.9 Å². The van der Waals surface area contributed by atoms with E-state index in [1.54, 1.807) is 12.1 Å². The molecule has 1 unspecified atom stereocenters. The van der Waals surface area contributed by atoms with Crippen LogP contribution >= 0.6 is 0 Å². The molecule has 168 valence electrons. The average molecular weight is 437 g/mol. The minimum absolute atomic E-state index is 0.273. The molecule has 0 amide bonds. The van der Waals surface area contributed by atoms with Crippen LogP contribution in [0.2, 0.25) is 0 Å². The lowest BCUT2D eigenvalue weighted by Gasteiger charge is -2.36. The molecule has 0 saturated carbocycles. The molecule has 1 aromatic heterocycles. The first-order chi connectivity index (χ1) is 15.4. The number of pyridine rings is 1. The maximum absolute atomic E-state index is 11.7. The normalized spacial score (nSPS) is 18.7. The molecule has 1 saturated heterocycles. The number of aryl methyl sites for hydroxylation is 1. The lowest BCUT2D eigenvalue weighted by molar-refractivity contribution is 0.0468. The number of nitrogens with zero attached hydrogens (tertiary/aromatic N) is 4. The predicted octanol–water partition coefficient (Wildman–Crippen LogP) is 1.63. The van der Waals surface area contributed by atoms with Crippen molar-refractivity contribution in [3.05, 3.63) is 63.5 Å². The van der Waals surface area contributed by atoms with Crippen LogP contribution < -0.4 is 0 Å². The van der Waals surface area contributed by atoms with Gasteiger partial charge in [0.25, 0.3) is 0 Å². The highest BCUT2D eigenvalue weighted by atomic mass is 16.5. The number of nitriles is 1.